The van der Waals surface area contributed by atoms with E-state index in [1.807, 2.05) is 0 Å². The summed E-state index contributed by atoms with van der Waals surface area (Å²) >= 11 is 0. The van der Waals surface area contributed by atoms with Crippen LogP contribution in [-0.4, -0.2) is 33.6 Å². The quantitative estimate of drug-likeness (QED) is 0.491. The molecule has 8 atom stereocenters. The van der Waals surface area contributed by atoms with Crippen molar-refractivity contribution < 1.29 is 15.3 Å². The van der Waals surface area contributed by atoms with Gasteiger partial charge in [0.2, 0.25) is 0 Å². The molecule has 3 N–H and O–H groups in total. The predicted molar refractivity (Wildman–Crippen MR) is 131 cm³/mol. The highest BCUT2D eigenvalue weighted by Gasteiger charge is 2.72. The molecule has 3 fully saturated rings. The number of hydrogen-bond donors (Lipinski definition) is 3. The lowest BCUT2D eigenvalue weighted by molar-refractivity contribution is -0.192. The van der Waals surface area contributed by atoms with Crippen molar-refractivity contribution in [3.05, 3.63) is 33.4 Å². The Labute approximate surface area is 200 Å². The van der Waals surface area contributed by atoms with Gasteiger partial charge in [0.15, 0.2) is 0 Å². The van der Waals surface area contributed by atoms with Crippen LogP contribution >= 0.6 is 0 Å². The van der Waals surface area contributed by atoms with Gasteiger partial charge in [0.05, 0.1) is 18.3 Å². The minimum atomic E-state index is -0.623. The molecule has 0 aromatic heterocycles. The third-order valence-corrected chi connectivity index (χ3v) is 12.8. The highest BCUT2D eigenvalue weighted by molar-refractivity contribution is 5.51. The number of allylic oxidation sites excluding steroid dienone is 3. The van der Waals surface area contributed by atoms with E-state index in [0.717, 1.165) is 19.3 Å². The third kappa shape index (κ3) is 2.13. The monoisotopic (exact) mass is 452 g/mol. The molecule has 33 heavy (non-hydrogen) atoms. The Morgan fingerprint density at radius 2 is 0.939 bits per heavy atom. The maximum atomic E-state index is 12.4. The van der Waals surface area contributed by atoms with Gasteiger partial charge >= 0.3 is 0 Å². The fraction of sp³-hybridized carbons (Fsp3) is 0.800. The first kappa shape index (κ1) is 22.6. The third-order valence-electron chi connectivity index (χ3n) is 12.8. The number of rotatable bonds is 2. The van der Waals surface area contributed by atoms with E-state index >= 15 is 0 Å². The van der Waals surface area contributed by atoms with Crippen molar-refractivity contribution in [1.82, 2.24) is 0 Å². The van der Waals surface area contributed by atoms with E-state index in [9.17, 15) is 15.3 Å². The second-order valence-corrected chi connectivity index (χ2v) is 14.3. The van der Waals surface area contributed by atoms with Crippen molar-refractivity contribution >= 4 is 0 Å². The summed E-state index contributed by atoms with van der Waals surface area (Å²) in [6.45, 7) is 20.3. The van der Waals surface area contributed by atoms with Gasteiger partial charge in [0.25, 0.3) is 0 Å². The molecule has 0 aromatic rings. The normalized spacial score (nSPS) is 50.5. The molecular weight excluding hydrogens is 408 g/mol. The second-order valence-electron chi connectivity index (χ2n) is 14.3. The van der Waals surface area contributed by atoms with E-state index in [4.69, 9.17) is 0 Å². The van der Waals surface area contributed by atoms with E-state index in [1.54, 1.807) is 0 Å². The summed E-state index contributed by atoms with van der Waals surface area (Å²) < 4.78 is 0. The molecule has 9 rings (SSSR count). The van der Waals surface area contributed by atoms with Gasteiger partial charge in [-0.05, 0) is 74.0 Å². The Morgan fingerprint density at radius 1 is 0.576 bits per heavy atom. The Morgan fingerprint density at radius 3 is 1.24 bits per heavy atom. The smallest absolute Gasteiger partial charge is 0.0686 e. The van der Waals surface area contributed by atoms with E-state index in [0.29, 0.717) is 0 Å². The first-order chi connectivity index (χ1) is 15.1. The standard InChI is InChI=1S/C30H44O3/c1-13-16-10-19(27(16,4)5)24(31)22(13)30(15(3)18-12-21(26(30)33)29(18,8)9)23-14(2)17-11-20(25(23)32)28(17,6)7/h19-26,31-33H,10-12H2,1-9H3. The molecule has 8 unspecified atom stereocenters. The van der Waals surface area contributed by atoms with Gasteiger partial charge in [-0.15, -0.1) is 0 Å². The van der Waals surface area contributed by atoms with Gasteiger partial charge in [-0.3, -0.25) is 0 Å². The van der Waals surface area contributed by atoms with Crippen LogP contribution in [0.25, 0.3) is 0 Å². The molecule has 9 aliphatic carbocycles. The molecular formula is C30H44O3. The molecule has 0 aromatic carbocycles. The van der Waals surface area contributed by atoms with Crippen LogP contribution in [0, 0.1) is 51.2 Å². The lowest BCUT2D eigenvalue weighted by Crippen LogP contribution is -2.71. The summed E-state index contributed by atoms with van der Waals surface area (Å²) in [7, 11) is 0. The molecule has 0 aliphatic heterocycles. The van der Waals surface area contributed by atoms with Gasteiger partial charge in [-0.25, -0.2) is 0 Å². The predicted octanol–water partition coefficient (Wildman–Crippen LogP) is 5.42. The number of hydrogen-bond acceptors (Lipinski definition) is 3. The molecule has 0 spiro atoms. The average molecular weight is 453 g/mol. The van der Waals surface area contributed by atoms with Gasteiger partial charge in [0, 0.05) is 17.3 Å². The summed E-state index contributed by atoms with van der Waals surface area (Å²) in [4.78, 5) is 0. The van der Waals surface area contributed by atoms with E-state index in [2.05, 4.69) is 62.3 Å². The van der Waals surface area contributed by atoms with Crippen LogP contribution in [0.2, 0.25) is 0 Å². The molecule has 3 saturated carbocycles. The second kappa shape index (κ2) is 6.08. The summed E-state index contributed by atoms with van der Waals surface area (Å²) in [6, 6.07) is 0. The van der Waals surface area contributed by atoms with Crippen molar-refractivity contribution in [3.8, 4) is 0 Å². The number of aliphatic hydroxyl groups is 3. The number of aliphatic hydroxyl groups excluding tert-OH is 3. The van der Waals surface area contributed by atoms with Crippen LogP contribution < -0.4 is 0 Å². The van der Waals surface area contributed by atoms with E-state index in [-0.39, 0.29) is 45.8 Å². The van der Waals surface area contributed by atoms with Crippen molar-refractivity contribution in [3.63, 3.8) is 0 Å². The molecule has 0 saturated heterocycles. The summed E-state index contributed by atoms with van der Waals surface area (Å²) in [5.74, 6) is 0.393. The molecule has 9 aliphatic rings. The molecule has 0 radical (unpaired) electrons. The Bertz CT molecular complexity index is 994. The summed E-state index contributed by atoms with van der Waals surface area (Å²) in [5, 5.41) is 36.3. The number of fused-ring (bicyclic) bond motifs is 8. The van der Waals surface area contributed by atoms with Crippen molar-refractivity contribution in [2.45, 2.75) is 99.9 Å². The van der Waals surface area contributed by atoms with Gasteiger partial charge in [0.1, 0.15) is 0 Å². The van der Waals surface area contributed by atoms with Gasteiger partial charge < -0.3 is 15.3 Å². The Kier molecular flexibility index (Phi) is 4.15. The van der Waals surface area contributed by atoms with Crippen LogP contribution in [0.15, 0.2) is 33.4 Å². The van der Waals surface area contributed by atoms with Crippen LogP contribution in [0.3, 0.4) is 0 Å². The SMILES string of the molecule is CC1=C2CC(C(O)C1C1(C3C(C)=C4CC(C3O)C4(C)C)C(C)=C3CC(C1O)C3(C)C)C2(C)C. The molecule has 3 nitrogen and oxygen atoms in total. The minimum Gasteiger partial charge on any atom is -0.392 e. The fourth-order valence-electron chi connectivity index (χ4n) is 10.5. The Hall–Kier alpha value is -0.900. The van der Waals surface area contributed by atoms with Crippen molar-refractivity contribution in [2.24, 2.45) is 51.2 Å². The summed E-state index contributed by atoms with van der Waals surface area (Å²) in [6.07, 6.45) is 1.39. The first-order valence-corrected chi connectivity index (χ1v) is 13.3. The highest BCUT2D eigenvalue weighted by Crippen LogP contribution is 2.75. The molecule has 6 bridgehead atoms. The first-order valence-electron chi connectivity index (χ1n) is 13.3. The molecule has 0 heterocycles. The highest BCUT2D eigenvalue weighted by atomic mass is 16.3. The van der Waals surface area contributed by atoms with Crippen LogP contribution in [0.1, 0.15) is 81.6 Å². The lowest BCUT2D eigenvalue weighted by atomic mass is 9.34. The van der Waals surface area contributed by atoms with E-state index < -0.39 is 23.7 Å². The minimum absolute atomic E-state index is 0.00128. The van der Waals surface area contributed by atoms with Gasteiger partial charge in [-0.2, -0.15) is 0 Å². The average Bonchev–Trinajstić information content (AvgIpc) is 2.68. The molecule has 3 heteroatoms. The van der Waals surface area contributed by atoms with Crippen molar-refractivity contribution in [2.75, 3.05) is 0 Å². The lowest BCUT2D eigenvalue weighted by Gasteiger charge is -2.71. The van der Waals surface area contributed by atoms with Crippen molar-refractivity contribution in [1.29, 1.82) is 0 Å². The largest absolute Gasteiger partial charge is 0.392 e. The maximum Gasteiger partial charge on any atom is 0.0686 e. The molecule has 182 valence electrons. The zero-order valence-corrected chi connectivity index (χ0v) is 22.1. The van der Waals surface area contributed by atoms with E-state index in [1.165, 1.54) is 33.4 Å². The maximum absolute atomic E-state index is 12.4. The van der Waals surface area contributed by atoms with Crippen LogP contribution in [-0.2, 0) is 0 Å². The molecule has 0 amide bonds. The fourth-order valence-corrected chi connectivity index (χ4v) is 10.5. The topological polar surface area (TPSA) is 60.7 Å². The van der Waals surface area contributed by atoms with Crippen LogP contribution in [0.4, 0.5) is 0 Å². The summed E-state index contributed by atoms with van der Waals surface area (Å²) in [5.41, 5.74) is 7.71. The van der Waals surface area contributed by atoms with Crippen LogP contribution in [0.5, 0.6) is 0 Å². The zero-order chi connectivity index (χ0) is 24.2. The Balaban J connectivity index is 1.64. The zero-order valence-electron chi connectivity index (χ0n) is 22.1. The van der Waals surface area contributed by atoms with Gasteiger partial charge in [-0.1, -0.05) is 75.0 Å².